The van der Waals surface area contributed by atoms with E-state index in [0.717, 1.165) is 5.01 Å². The van der Waals surface area contributed by atoms with E-state index < -0.39 is 23.4 Å². The highest BCUT2D eigenvalue weighted by atomic mass is 32.2. The number of rotatable bonds is 6. The molecule has 27 heavy (non-hydrogen) atoms. The van der Waals surface area contributed by atoms with Crippen molar-refractivity contribution in [2.45, 2.75) is 37.5 Å². The monoisotopic (exact) mass is 388 g/mol. The third-order valence-corrected chi connectivity index (χ3v) is 5.16. The van der Waals surface area contributed by atoms with E-state index in [0.29, 0.717) is 10.7 Å². The largest absolute Gasteiger partial charge is 0.344 e. The molecular formula is C17H20N6O3S. The average Bonchev–Trinajstić information content (AvgIpc) is 3.20. The summed E-state index contributed by atoms with van der Waals surface area (Å²) in [4.78, 5) is 37.2. The summed E-state index contributed by atoms with van der Waals surface area (Å²) in [6, 6.07) is 8.36. The molecule has 2 heterocycles. The summed E-state index contributed by atoms with van der Waals surface area (Å²) < 4.78 is 1.83. The fraction of sp³-hybridized carbons (Fsp3) is 0.353. The van der Waals surface area contributed by atoms with Gasteiger partial charge in [0, 0.05) is 6.04 Å². The maximum atomic E-state index is 12.7. The van der Waals surface area contributed by atoms with E-state index in [4.69, 9.17) is 0 Å². The van der Waals surface area contributed by atoms with E-state index in [1.165, 1.54) is 11.8 Å². The Morgan fingerprint density at radius 1 is 1.30 bits per heavy atom. The van der Waals surface area contributed by atoms with Gasteiger partial charge < -0.3 is 9.88 Å². The minimum atomic E-state index is -1.23. The summed E-state index contributed by atoms with van der Waals surface area (Å²) in [5, 5.41) is 11.8. The minimum Gasteiger partial charge on any atom is -0.318 e. The molecule has 1 saturated heterocycles. The summed E-state index contributed by atoms with van der Waals surface area (Å²) in [5.41, 5.74) is 1.78. The molecule has 1 aliphatic heterocycles. The highest BCUT2D eigenvalue weighted by Crippen LogP contribution is 2.27. The van der Waals surface area contributed by atoms with Crippen LogP contribution in [0.3, 0.4) is 0 Å². The van der Waals surface area contributed by atoms with Gasteiger partial charge in [-0.3, -0.25) is 15.0 Å². The van der Waals surface area contributed by atoms with E-state index in [-0.39, 0.29) is 11.8 Å². The number of carbonyl (C=O) groups is 3. The predicted octanol–water partition coefficient (Wildman–Crippen LogP) is 1.45. The van der Waals surface area contributed by atoms with Crippen LogP contribution in [0.2, 0.25) is 0 Å². The molecule has 10 heteroatoms. The molecule has 0 aliphatic carbocycles. The molecule has 0 unspecified atom stereocenters. The van der Waals surface area contributed by atoms with Crippen molar-refractivity contribution in [1.29, 1.82) is 0 Å². The first kappa shape index (κ1) is 18.9. The highest BCUT2D eigenvalue weighted by Gasteiger charge is 2.49. The number of hydrazine groups is 1. The molecule has 0 radical (unpaired) electrons. The molecule has 1 aliphatic rings. The molecule has 142 valence electrons. The van der Waals surface area contributed by atoms with E-state index in [2.05, 4.69) is 20.9 Å². The van der Waals surface area contributed by atoms with Crippen LogP contribution in [0.5, 0.6) is 0 Å². The average molecular weight is 388 g/mol. The van der Waals surface area contributed by atoms with Crippen molar-refractivity contribution in [3.63, 3.8) is 0 Å². The van der Waals surface area contributed by atoms with Gasteiger partial charge in [0.2, 0.25) is 5.91 Å². The lowest BCUT2D eigenvalue weighted by atomic mass is 9.92. The lowest BCUT2D eigenvalue weighted by Crippen LogP contribution is -2.48. The molecule has 1 aromatic carbocycles. The predicted molar refractivity (Wildman–Crippen MR) is 98.4 cm³/mol. The van der Waals surface area contributed by atoms with Crippen LogP contribution in [0, 0.1) is 0 Å². The fourth-order valence-electron chi connectivity index (χ4n) is 2.68. The van der Waals surface area contributed by atoms with Gasteiger partial charge in [0.1, 0.15) is 11.9 Å². The first-order valence-corrected chi connectivity index (χ1v) is 9.35. The van der Waals surface area contributed by atoms with Gasteiger partial charge in [0.15, 0.2) is 5.16 Å². The van der Waals surface area contributed by atoms with Gasteiger partial charge in [-0.1, -0.05) is 42.1 Å². The number of urea groups is 1. The highest BCUT2D eigenvalue weighted by molar-refractivity contribution is 7.99. The van der Waals surface area contributed by atoms with Gasteiger partial charge in [-0.05, 0) is 26.3 Å². The van der Waals surface area contributed by atoms with Gasteiger partial charge in [0.05, 0.1) is 5.75 Å². The summed E-state index contributed by atoms with van der Waals surface area (Å²) >= 11 is 1.18. The van der Waals surface area contributed by atoms with Crippen LogP contribution in [-0.2, 0) is 15.1 Å². The van der Waals surface area contributed by atoms with Crippen LogP contribution < -0.4 is 10.7 Å². The molecule has 0 bridgehead atoms. The van der Waals surface area contributed by atoms with E-state index >= 15 is 0 Å². The number of hydrogen-bond donors (Lipinski definition) is 2. The fourth-order valence-corrected chi connectivity index (χ4v) is 3.52. The molecule has 3 rings (SSSR count). The first-order chi connectivity index (χ1) is 12.8. The van der Waals surface area contributed by atoms with Crippen molar-refractivity contribution in [3.8, 4) is 0 Å². The smallest absolute Gasteiger partial charge is 0.318 e. The summed E-state index contributed by atoms with van der Waals surface area (Å²) in [6.45, 7) is 5.56. The number of nitrogens with zero attached hydrogens (tertiary/aromatic N) is 4. The zero-order valence-corrected chi connectivity index (χ0v) is 16.0. The summed E-state index contributed by atoms with van der Waals surface area (Å²) in [7, 11) is 0. The number of hydrogen-bond acceptors (Lipinski definition) is 6. The molecule has 1 atom stereocenters. The molecule has 9 nitrogen and oxygen atoms in total. The standard InChI is InChI=1S/C17H20N6O3S/c1-11(2)22-10-18-20-16(22)27-9-13(24)21-23-14(25)17(3,19-15(23)26)12-7-5-4-6-8-12/h4-8,10-11H,9H2,1-3H3,(H,19,26)(H,21,24)/t17-/m1/s1. The van der Waals surface area contributed by atoms with Crippen LogP contribution in [0.1, 0.15) is 32.4 Å². The van der Waals surface area contributed by atoms with Crippen LogP contribution in [-0.4, -0.2) is 43.4 Å². The lowest BCUT2D eigenvalue weighted by Gasteiger charge is -2.22. The molecule has 0 saturated carbocycles. The number of aromatic nitrogens is 3. The number of nitrogens with one attached hydrogen (secondary N) is 2. The Morgan fingerprint density at radius 3 is 2.67 bits per heavy atom. The maximum absolute atomic E-state index is 12.7. The molecule has 1 fully saturated rings. The normalized spacial score (nSPS) is 19.5. The topological polar surface area (TPSA) is 109 Å². The van der Waals surface area contributed by atoms with E-state index in [1.54, 1.807) is 37.5 Å². The Hall–Kier alpha value is -2.88. The molecule has 0 spiro atoms. The van der Waals surface area contributed by atoms with Crippen LogP contribution in [0.15, 0.2) is 41.8 Å². The second kappa shape index (κ2) is 7.39. The maximum Gasteiger partial charge on any atom is 0.344 e. The van der Waals surface area contributed by atoms with Crippen molar-refractivity contribution in [3.05, 3.63) is 42.2 Å². The zero-order chi connectivity index (χ0) is 19.6. The van der Waals surface area contributed by atoms with Crippen LogP contribution >= 0.6 is 11.8 Å². The van der Waals surface area contributed by atoms with Gasteiger partial charge in [-0.15, -0.1) is 10.2 Å². The van der Waals surface area contributed by atoms with Crippen molar-refractivity contribution in [2.24, 2.45) is 0 Å². The van der Waals surface area contributed by atoms with E-state index in [9.17, 15) is 14.4 Å². The van der Waals surface area contributed by atoms with Crippen molar-refractivity contribution in [1.82, 2.24) is 30.5 Å². The quantitative estimate of drug-likeness (QED) is 0.573. The van der Waals surface area contributed by atoms with Crippen molar-refractivity contribution in [2.75, 3.05) is 5.75 Å². The SMILES string of the molecule is CC(C)n1cnnc1SCC(=O)NN1C(=O)N[C@](C)(c2ccccc2)C1=O. The number of benzene rings is 1. The summed E-state index contributed by atoms with van der Waals surface area (Å²) in [6.07, 6.45) is 1.59. The molecule has 4 amide bonds. The first-order valence-electron chi connectivity index (χ1n) is 8.37. The van der Waals surface area contributed by atoms with Crippen molar-refractivity contribution >= 4 is 29.6 Å². The molecule has 2 N–H and O–H groups in total. The Kier molecular flexibility index (Phi) is 5.17. The Bertz CT molecular complexity index is 869. The van der Waals surface area contributed by atoms with Gasteiger partial charge in [0.25, 0.3) is 5.91 Å². The minimum absolute atomic E-state index is 0.00940. The number of thioether (sulfide) groups is 1. The van der Waals surface area contributed by atoms with Gasteiger partial charge >= 0.3 is 6.03 Å². The van der Waals surface area contributed by atoms with Crippen LogP contribution in [0.4, 0.5) is 4.79 Å². The van der Waals surface area contributed by atoms with Gasteiger partial charge in [-0.25, -0.2) is 4.79 Å². The lowest BCUT2D eigenvalue weighted by molar-refractivity contribution is -0.138. The Morgan fingerprint density at radius 2 is 2.00 bits per heavy atom. The van der Waals surface area contributed by atoms with E-state index in [1.807, 2.05) is 24.5 Å². The number of imide groups is 1. The number of amides is 4. The molecular weight excluding hydrogens is 368 g/mol. The molecule has 1 aromatic heterocycles. The Labute approximate surface area is 160 Å². The molecule has 2 aromatic rings. The van der Waals surface area contributed by atoms with Gasteiger partial charge in [-0.2, -0.15) is 5.01 Å². The van der Waals surface area contributed by atoms with Crippen molar-refractivity contribution < 1.29 is 14.4 Å². The second-order valence-corrected chi connectivity index (χ2v) is 7.44. The summed E-state index contributed by atoms with van der Waals surface area (Å²) in [5.74, 6) is -1.04. The van der Waals surface area contributed by atoms with Crippen LogP contribution in [0.25, 0.3) is 0 Å². The third-order valence-electron chi connectivity index (χ3n) is 4.21. The third kappa shape index (κ3) is 3.65. The Balaban J connectivity index is 1.65. The zero-order valence-electron chi connectivity index (χ0n) is 15.2. The number of carbonyl (C=O) groups excluding carboxylic acids is 3. The second-order valence-electron chi connectivity index (χ2n) is 6.50.